The topological polar surface area (TPSA) is 34.1 Å². The van der Waals surface area contributed by atoms with Gasteiger partial charge in [-0.2, -0.15) is 0 Å². The maximum absolute atomic E-state index is 11.8. The Bertz CT molecular complexity index is 608. The van der Waals surface area contributed by atoms with Gasteiger partial charge in [-0.25, -0.2) is 0 Å². The molecule has 0 fully saturated rings. The number of ketones is 2. The van der Waals surface area contributed by atoms with Crippen LogP contribution < -0.4 is 4.46 Å². The van der Waals surface area contributed by atoms with Crippen LogP contribution >= 0.6 is 0 Å². The quantitative estimate of drug-likeness (QED) is 0.563. The Kier molecular flexibility index (Phi) is 6.11. The Balaban J connectivity index is 2.25. The standard InChI is InChI=1S/C19H20O2Se/c1-14(20)18(15(2)21)13-19(16-9-5-3-6-10-16)22-17-11-7-4-8-12-17/h3-12,18-19H,13H2,1-2H3. The number of hydrogen-bond donors (Lipinski definition) is 0. The van der Waals surface area contributed by atoms with E-state index in [-0.39, 0.29) is 31.3 Å². The van der Waals surface area contributed by atoms with Gasteiger partial charge in [-0.3, -0.25) is 0 Å². The van der Waals surface area contributed by atoms with Crippen molar-refractivity contribution in [2.45, 2.75) is 25.1 Å². The summed E-state index contributed by atoms with van der Waals surface area (Å²) in [5.41, 5.74) is 1.21. The predicted molar refractivity (Wildman–Crippen MR) is 90.5 cm³/mol. The van der Waals surface area contributed by atoms with Crippen molar-refractivity contribution in [3.8, 4) is 0 Å². The third-order valence-corrected chi connectivity index (χ3v) is 6.34. The number of Topliss-reactive ketones (excluding diaryl/α,β-unsaturated/α-hetero) is 2. The van der Waals surface area contributed by atoms with Gasteiger partial charge >= 0.3 is 138 Å². The SMILES string of the molecule is CC(=O)C(CC([Se]c1ccccc1)c1ccccc1)C(C)=O. The zero-order valence-electron chi connectivity index (χ0n) is 12.9. The van der Waals surface area contributed by atoms with Crippen molar-refractivity contribution in [1.82, 2.24) is 0 Å². The first-order chi connectivity index (χ1) is 10.6. The zero-order chi connectivity index (χ0) is 15.9. The summed E-state index contributed by atoms with van der Waals surface area (Å²) >= 11 is 0.186. The molecule has 0 bridgehead atoms. The van der Waals surface area contributed by atoms with Crippen LogP contribution in [0.2, 0.25) is 0 Å². The van der Waals surface area contributed by atoms with Gasteiger partial charge in [0.2, 0.25) is 0 Å². The van der Waals surface area contributed by atoms with Gasteiger partial charge in [-0.05, 0) is 0 Å². The van der Waals surface area contributed by atoms with E-state index in [1.165, 1.54) is 23.9 Å². The Labute approximate surface area is 138 Å². The van der Waals surface area contributed by atoms with Crippen LogP contribution in [0.3, 0.4) is 0 Å². The number of rotatable bonds is 7. The summed E-state index contributed by atoms with van der Waals surface area (Å²) in [6, 6.07) is 20.5. The second-order valence-electron chi connectivity index (χ2n) is 5.34. The molecule has 0 aliphatic rings. The van der Waals surface area contributed by atoms with Crippen LogP contribution in [-0.4, -0.2) is 26.5 Å². The molecule has 0 aromatic heterocycles. The Morgan fingerprint density at radius 2 is 1.36 bits per heavy atom. The summed E-state index contributed by atoms with van der Waals surface area (Å²) in [5, 5.41) is 0. The molecule has 1 unspecified atom stereocenters. The molecule has 114 valence electrons. The van der Waals surface area contributed by atoms with E-state index in [0.717, 1.165) is 0 Å². The maximum atomic E-state index is 11.8. The van der Waals surface area contributed by atoms with Crippen molar-refractivity contribution in [3.05, 3.63) is 66.2 Å². The summed E-state index contributed by atoms with van der Waals surface area (Å²) in [7, 11) is 0. The van der Waals surface area contributed by atoms with Crippen LogP contribution in [0.1, 0.15) is 30.6 Å². The fourth-order valence-corrected chi connectivity index (χ4v) is 4.99. The second kappa shape index (κ2) is 8.07. The molecule has 0 aliphatic heterocycles. The molecule has 0 saturated carbocycles. The van der Waals surface area contributed by atoms with Crippen molar-refractivity contribution in [3.63, 3.8) is 0 Å². The van der Waals surface area contributed by atoms with Gasteiger partial charge in [0.05, 0.1) is 0 Å². The van der Waals surface area contributed by atoms with Crippen molar-refractivity contribution in [1.29, 1.82) is 0 Å². The van der Waals surface area contributed by atoms with E-state index in [9.17, 15) is 9.59 Å². The molecule has 3 heteroatoms. The summed E-state index contributed by atoms with van der Waals surface area (Å²) in [5.74, 6) is -0.551. The van der Waals surface area contributed by atoms with Gasteiger partial charge in [0.15, 0.2) is 0 Å². The number of carbonyl (C=O) groups excluding carboxylic acids is 2. The summed E-state index contributed by atoms with van der Waals surface area (Å²) in [6.45, 7) is 3.03. The Morgan fingerprint density at radius 3 is 1.86 bits per heavy atom. The summed E-state index contributed by atoms with van der Waals surface area (Å²) in [4.78, 5) is 23.8. The monoisotopic (exact) mass is 360 g/mol. The van der Waals surface area contributed by atoms with Gasteiger partial charge in [0, 0.05) is 0 Å². The van der Waals surface area contributed by atoms with E-state index < -0.39 is 5.92 Å². The van der Waals surface area contributed by atoms with Crippen molar-refractivity contribution in [2.75, 3.05) is 0 Å². The van der Waals surface area contributed by atoms with E-state index in [0.29, 0.717) is 6.42 Å². The molecular formula is C19H20O2Se. The molecule has 2 nitrogen and oxygen atoms in total. The third kappa shape index (κ3) is 4.66. The van der Waals surface area contributed by atoms with E-state index in [1.807, 2.05) is 36.4 Å². The Hall–Kier alpha value is -1.70. The van der Waals surface area contributed by atoms with Crippen molar-refractivity contribution >= 4 is 31.0 Å². The van der Waals surface area contributed by atoms with E-state index in [2.05, 4.69) is 24.3 Å². The van der Waals surface area contributed by atoms with Crippen LogP contribution in [-0.2, 0) is 9.59 Å². The second-order valence-corrected chi connectivity index (χ2v) is 8.02. The zero-order valence-corrected chi connectivity index (χ0v) is 14.6. The minimum absolute atomic E-state index is 0.0303. The summed E-state index contributed by atoms with van der Waals surface area (Å²) < 4.78 is 1.29. The van der Waals surface area contributed by atoms with Crippen LogP contribution in [0.4, 0.5) is 0 Å². The van der Waals surface area contributed by atoms with E-state index >= 15 is 0 Å². The van der Waals surface area contributed by atoms with Crippen LogP contribution in [0.25, 0.3) is 0 Å². The fourth-order valence-electron chi connectivity index (χ4n) is 2.42. The molecule has 22 heavy (non-hydrogen) atoms. The number of benzene rings is 2. The molecule has 0 amide bonds. The van der Waals surface area contributed by atoms with Crippen LogP contribution in [0.15, 0.2) is 60.7 Å². The molecule has 2 aromatic rings. The number of hydrogen-bond acceptors (Lipinski definition) is 2. The number of carbonyl (C=O) groups is 2. The molecule has 0 aliphatic carbocycles. The molecule has 1 atom stereocenters. The molecule has 0 saturated heterocycles. The average Bonchev–Trinajstić information content (AvgIpc) is 2.52. The molecule has 2 rings (SSSR count). The summed E-state index contributed by atoms with van der Waals surface area (Å²) in [6.07, 6.45) is 0.601. The van der Waals surface area contributed by atoms with Gasteiger partial charge < -0.3 is 0 Å². The van der Waals surface area contributed by atoms with Crippen molar-refractivity contribution in [2.24, 2.45) is 5.92 Å². The fraction of sp³-hybridized carbons (Fsp3) is 0.263. The van der Waals surface area contributed by atoms with Crippen molar-refractivity contribution < 1.29 is 9.59 Å². The van der Waals surface area contributed by atoms with Crippen LogP contribution in [0.5, 0.6) is 0 Å². The van der Waals surface area contributed by atoms with Gasteiger partial charge in [-0.1, -0.05) is 0 Å². The predicted octanol–water partition coefficient (Wildman–Crippen LogP) is 2.94. The molecular weight excluding hydrogens is 339 g/mol. The first kappa shape index (κ1) is 16.7. The molecule has 2 aromatic carbocycles. The van der Waals surface area contributed by atoms with Gasteiger partial charge in [0.25, 0.3) is 0 Å². The van der Waals surface area contributed by atoms with Gasteiger partial charge in [-0.15, -0.1) is 0 Å². The molecule has 0 spiro atoms. The van der Waals surface area contributed by atoms with Gasteiger partial charge in [0.1, 0.15) is 0 Å². The third-order valence-electron chi connectivity index (χ3n) is 3.62. The Morgan fingerprint density at radius 1 is 0.864 bits per heavy atom. The normalized spacial score (nSPS) is 12.1. The first-order valence-electron chi connectivity index (χ1n) is 7.35. The van der Waals surface area contributed by atoms with Crippen LogP contribution in [0, 0.1) is 5.92 Å². The molecule has 0 N–H and O–H groups in total. The molecule has 0 radical (unpaired) electrons. The average molecular weight is 359 g/mol. The van der Waals surface area contributed by atoms with E-state index in [1.54, 1.807) is 0 Å². The minimum atomic E-state index is -0.490. The first-order valence-corrected chi connectivity index (χ1v) is 9.20. The molecule has 0 heterocycles. The van der Waals surface area contributed by atoms with E-state index in [4.69, 9.17) is 0 Å².